The second kappa shape index (κ2) is 8.06. The first-order valence-corrected chi connectivity index (χ1v) is 9.65. The molecule has 12 heteroatoms. The summed E-state index contributed by atoms with van der Waals surface area (Å²) in [6, 6.07) is 3.20. The van der Waals surface area contributed by atoms with Crippen molar-refractivity contribution in [1.82, 2.24) is 29.7 Å². The molecule has 0 saturated heterocycles. The molecule has 0 atom stereocenters. The number of halogens is 4. The fourth-order valence-corrected chi connectivity index (χ4v) is 3.41. The molecular weight excluding hydrogens is 437 g/mol. The third kappa shape index (κ3) is 4.71. The summed E-state index contributed by atoms with van der Waals surface area (Å²) < 4.78 is 40.3. The van der Waals surface area contributed by atoms with Crippen LogP contribution in [0.5, 0.6) is 0 Å². The van der Waals surface area contributed by atoms with Gasteiger partial charge in [-0.3, -0.25) is 19.4 Å². The third-order valence-electron chi connectivity index (χ3n) is 4.71. The number of hydrogen-bond donors (Lipinski definition) is 3. The van der Waals surface area contributed by atoms with Crippen LogP contribution >= 0.6 is 11.6 Å². The van der Waals surface area contributed by atoms with Gasteiger partial charge in [0.05, 0.1) is 18.3 Å². The molecule has 8 nitrogen and oxygen atoms in total. The first-order chi connectivity index (χ1) is 14.7. The van der Waals surface area contributed by atoms with Crippen molar-refractivity contribution in [1.29, 1.82) is 0 Å². The standard InChI is InChI=1S/C19H16ClF3N6O2/c20-13-5-4-12(19(21,22)23)6-11(13)9-29-8-10(7-24-29)2-1-3-14-25-15-16(26-14)27-18(31)28-17(15)30/h4-8H,1-3,9H2,(H3,25,26,27,28,30,31). The van der Waals surface area contributed by atoms with Crippen LogP contribution in [0.15, 0.2) is 40.2 Å². The molecule has 3 N–H and O–H groups in total. The molecule has 3 heterocycles. The van der Waals surface area contributed by atoms with Crippen molar-refractivity contribution < 1.29 is 13.2 Å². The Morgan fingerprint density at radius 3 is 2.68 bits per heavy atom. The predicted molar refractivity (Wildman–Crippen MR) is 107 cm³/mol. The highest BCUT2D eigenvalue weighted by Crippen LogP contribution is 2.32. The average Bonchev–Trinajstić information content (AvgIpc) is 3.29. The van der Waals surface area contributed by atoms with E-state index in [-0.39, 0.29) is 22.7 Å². The van der Waals surface area contributed by atoms with Crippen LogP contribution in [-0.4, -0.2) is 29.7 Å². The van der Waals surface area contributed by atoms with E-state index in [4.69, 9.17) is 11.6 Å². The van der Waals surface area contributed by atoms with Crippen molar-refractivity contribution in [2.45, 2.75) is 32.0 Å². The van der Waals surface area contributed by atoms with Gasteiger partial charge in [0.2, 0.25) is 0 Å². The zero-order valence-corrected chi connectivity index (χ0v) is 16.6. The molecule has 0 aliphatic heterocycles. The van der Waals surface area contributed by atoms with Crippen LogP contribution in [0.4, 0.5) is 13.2 Å². The number of nitrogens with zero attached hydrogens (tertiary/aromatic N) is 3. The Morgan fingerprint density at radius 2 is 1.90 bits per heavy atom. The SMILES string of the molecule is O=c1[nH]c(=O)c2[nH]c(CCCc3cnn(Cc4cc(C(F)(F)F)ccc4Cl)c3)nc2[nH]1. The van der Waals surface area contributed by atoms with Gasteiger partial charge in [0.25, 0.3) is 5.56 Å². The summed E-state index contributed by atoms with van der Waals surface area (Å²) in [6.45, 7) is 0.114. The van der Waals surface area contributed by atoms with Crippen LogP contribution in [0.1, 0.15) is 28.9 Å². The van der Waals surface area contributed by atoms with Crippen molar-refractivity contribution in [3.63, 3.8) is 0 Å². The normalized spacial score (nSPS) is 12.0. The van der Waals surface area contributed by atoms with E-state index in [1.54, 1.807) is 12.4 Å². The molecule has 4 aromatic rings. The fourth-order valence-electron chi connectivity index (χ4n) is 3.23. The largest absolute Gasteiger partial charge is 0.416 e. The summed E-state index contributed by atoms with van der Waals surface area (Å²) in [6.07, 6.45) is 0.794. The highest BCUT2D eigenvalue weighted by molar-refractivity contribution is 6.31. The molecule has 1 aromatic carbocycles. The van der Waals surface area contributed by atoms with Crippen LogP contribution < -0.4 is 11.2 Å². The van der Waals surface area contributed by atoms with E-state index in [0.29, 0.717) is 30.7 Å². The maximum Gasteiger partial charge on any atom is 0.416 e. The van der Waals surface area contributed by atoms with Gasteiger partial charge in [0, 0.05) is 17.6 Å². The molecule has 162 valence electrons. The van der Waals surface area contributed by atoms with Crippen LogP contribution in [0.3, 0.4) is 0 Å². The Hall–Kier alpha value is -3.34. The van der Waals surface area contributed by atoms with Crippen molar-refractivity contribution in [2.24, 2.45) is 0 Å². The lowest BCUT2D eigenvalue weighted by atomic mass is 10.1. The van der Waals surface area contributed by atoms with E-state index in [2.05, 4.69) is 25.0 Å². The minimum Gasteiger partial charge on any atom is -0.336 e. The molecule has 0 amide bonds. The van der Waals surface area contributed by atoms with Crippen molar-refractivity contribution in [3.05, 3.63) is 79.0 Å². The Bertz CT molecular complexity index is 1350. The van der Waals surface area contributed by atoms with Gasteiger partial charge < -0.3 is 4.98 Å². The quantitative estimate of drug-likeness (QED) is 0.417. The number of nitrogens with one attached hydrogen (secondary N) is 3. The molecule has 0 unspecified atom stereocenters. The summed E-state index contributed by atoms with van der Waals surface area (Å²) in [4.78, 5) is 34.7. The first-order valence-electron chi connectivity index (χ1n) is 9.27. The number of benzene rings is 1. The van der Waals surface area contributed by atoms with Crippen molar-refractivity contribution >= 4 is 22.8 Å². The lowest BCUT2D eigenvalue weighted by molar-refractivity contribution is -0.137. The number of aromatic nitrogens is 6. The summed E-state index contributed by atoms with van der Waals surface area (Å²) >= 11 is 6.04. The minimum absolute atomic E-state index is 0.114. The van der Waals surface area contributed by atoms with E-state index in [1.807, 2.05) is 0 Å². The van der Waals surface area contributed by atoms with E-state index < -0.39 is 23.0 Å². The van der Waals surface area contributed by atoms with Gasteiger partial charge >= 0.3 is 11.9 Å². The summed E-state index contributed by atoms with van der Waals surface area (Å²) in [5.74, 6) is 0.561. The topological polar surface area (TPSA) is 112 Å². The number of aryl methyl sites for hydroxylation is 2. The van der Waals surface area contributed by atoms with Crippen molar-refractivity contribution in [3.8, 4) is 0 Å². The number of fused-ring (bicyclic) bond motifs is 1. The summed E-state index contributed by atoms with van der Waals surface area (Å²) in [5, 5.41) is 4.43. The molecule has 0 spiro atoms. The Balaban J connectivity index is 1.39. The van der Waals surface area contributed by atoms with Crippen LogP contribution in [0.25, 0.3) is 11.2 Å². The summed E-state index contributed by atoms with van der Waals surface area (Å²) in [5.41, 5.74) is -0.283. The molecule has 0 bridgehead atoms. The van der Waals surface area contributed by atoms with E-state index in [0.717, 1.165) is 17.7 Å². The van der Waals surface area contributed by atoms with Crippen LogP contribution in [0.2, 0.25) is 5.02 Å². The first kappa shape index (κ1) is 20.9. The van der Waals surface area contributed by atoms with Crippen molar-refractivity contribution in [2.75, 3.05) is 0 Å². The Morgan fingerprint density at radius 1 is 1.10 bits per heavy atom. The molecular formula is C19H16ClF3N6O2. The van der Waals surface area contributed by atoms with E-state index in [1.165, 1.54) is 10.7 Å². The Kier molecular flexibility index (Phi) is 5.44. The Labute approximate surface area is 177 Å². The molecule has 0 aliphatic rings. The fraction of sp³-hybridized carbons (Fsp3) is 0.263. The van der Waals surface area contributed by atoms with Gasteiger partial charge in [-0.2, -0.15) is 18.3 Å². The van der Waals surface area contributed by atoms with Gasteiger partial charge in [-0.25, -0.2) is 9.78 Å². The molecule has 0 radical (unpaired) electrons. The van der Waals surface area contributed by atoms with Crippen LogP contribution in [0, 0.1) is 0 Å². The number of aromatic amines is 3. The zero-order valence-electron chi connectivity index (χ0n) is 15.9. The maximum atomic E-state index is 12.9. The summed E-state index contributed by atoms with van der Waals surface area (Å²) in [7, 11) is 0. The lowest BCUT2D eigenvalue weighted by Gasteiger charge is -2.10. The van der Waals surface area contributed by atoms with Crippen LogP contribution in [-0.2, 0) is 25.6 Å². The maximum absolute atomic E-state index is 12.9. The number of rotatable bonds is 6. The van der Waals surface area contributed by atoms with E-state index in [9.17, 15) is 22.8 Å². The highest BCUT2D eigenvalue weighted by atomic mass is 35.5. The second-order valence-corrected chi connectivity index (χ2v) is 7.43. The number of alkyl halides is 3. The van der Waals surface area contributed by atoms with Gasteiger partial charge in [0.1, 0.15) is 11.3 Å². The number of imidazole rings is 1. The molecule has 0 fully saturated rings. The molecule has 0 aliphatic carbocycles. The monoisotopic (exact) mass is 452 g/mol. The lowest BCUT2D eigenvalue weighted by Crippen LogP contribution is -2.21. The number of H-pyrrole nitrogens is 3. The average molecular weight is 453 g/mol. The van der Waals surface area contributed by atoms with Gasteiger partial charge in [-0.05, 0) is 42.2 Å². The third-order valence-corrected chi connectivity index (χ3v) is 5.08. The predicted octanol–water partition coefficient (Wildman–Crippen LogP) is 3.03. The molecule has 0 saturated carbocycles. The smallest absolute Gasteiger partial charge is 0.336 e. The van der Waals surface area contributed by atoms with E-state index >= 15 is 0 Å². The molecule has 31 heavy (non-hydrogen) atoms. The minimum atomic E-state index is -4.44. The van der Waals surface area contributed by atoms with Gasteiger partial charge in [0.15, 0.2) is 5.65 Å². The highest BCUT2D eigenvalue weighted by Gasteiger charge is 2.30. The number of hydrogen-bond acceptors (Lipinski definition) is 4. The molecule has 3 aromatic heterocycles. The second-order valence-electron chi connectivity index (χ2n) is 7.02. The molecule has 4 rings (SSSR count). The van der Waals surface area contributed by atoms with Gasteiger partial charge in [-0.15, -0.1) is 0 Å². The zero-order chi connectivity index (χ0) is 22.2. The van der Waals surface area contributed by atoms with Gasteiger partial charge in [-0.1, -0.05) is 11.6 Å².